The summed E-state index contributed by atoms with van der Waals surface area (Å²) in [7, 11) is -8.65. The number of amides is 1. The van der Waals surface area contributed by atoms with Crippen LogP contribution >= 0.6 is 0 Å². The molecular weight excluding hydrogens is 534 g/mol. The molecule has 0 spiro atoms. The van der Waals surface area contributed by atoms with Gasteiger partial charge < -0.3 is 5.32 Å². The van der Waals surface area contributed by atoms with Crippen molar-refractivity contribution in [2.24, 2.45) is 40.4 Å². The van der Waals surface area contributed by atoms with Gasteiger partial charge in [0.05, 0.1) is 11.9 Å². The predicted molar refractivity (Wildman–Crippen MR) is 140 cm³/mol. The molecule has 12 heteroatoms. The van der Waals surface area contributed by atoms with Crippen LogP contribution < -0.4 is 5.32 Å². The van der Waals surface area contributed by atoms with Crippen molar-refractivity contribution in [1.29, 1.82) is 0 Å². The van der Waals surface area contributed by atoms with E-state index >= 15 is 0 Å². The Bertz CT molecular complexity index is 1200. The van der Waals surface area contributed by atoms with Crippen molar-refractivity contribution in [3.05, 3.63) is 11.6 Å². The summed E-state index contributed by atoms with van der Waals surface area (Å²) in [5, 5.41) is 2.55. The molecule has 0 radical (unpaired) electrons. The van der Waals surface area contributed by atoms with Gasteiger partial charge in [-0.15, -0.1) is 0 Å². The minimum absolute atomic E-state index is 0.00926. The van der Waals surface area contributed by atoms with Crippen molar-refractivity contribution in [3.8, 4) is 0 Å². The SMILES string of the molecule is C[C@H](CCC(=O)NCCS(=O)(=O)O)[C@H]1CC[C@H]2[C@@H]3C(=O)C=C4C[C@@H](OS(=O)(=O)O)CC[C@]4(C)[C@H]3CC[C@]12C. The molecule has 4 aliphatic rings. The monoisotopic (exact) mass is 575 g/mol. The first-order chi connectivity index (χ1) is 17.5. The molecule has 38 heavy (non-hydrogen) atoms. The van der Waals surface area contributed by atoms with Gasteiger partial charge in [-0.25, -0.2) is 4.18 Å². The van der Waals surface area contributed by atoms with Crippen LogP contribution in [0.25, 0.3) is 0 Å². The maximum atomic E-state index is 13.6. The lowest BCUT2D eigenvalue weighted by Gasteiger charge is -2.57. The number of fused-ring (bicyclic) bond motifs is 5. The average molecular weight is 576 g/mol. The normalized spacial score (nSPS) is 38.0. The third-order valence-electron chi connectivity index (χ3n) is 10.4. The average Bonchev–Trinajstić information content (AvgIpc) is 3.14. The molecule has 3 N–H and O–H groups in total. The quantitative estimate of drug-likeness (QED) is 0.350. The van der Waals surface area contributed by atoms with Crippen LogP contribution in [0.2, 0.25) is 0 Å². The van der Waals surface area contributed by atoms with Crippen LogP contribution in [0, 0.1) is 40.4 Å². The Morgan fingerprint density at radius 1 is 1.11 bits per heavy atom. The zero-order valence-electron chi connectivity index (χ0n) is 22.4. The van der Waals surface area contributed by atoms with Crippen molar-refractivity contribution in [3.63, 3.8) is 0 Å². The highest BCUT2D eigenvalue weighted by molar-refractivity contribution is 7.85. The molecule has 0 saturated heterocycles. The van der Waals surface area contributed by atoms with Crippen molar-refractivity contribution < 1.29 is 39.7 Å². The highest BCUT2D eigenvalue weighted by Crippen LogP contribution is 2.66. The van der Waals surface area contributed by atoms with Gasteiger partial charge >= 0.3 is 10.4 Å². The second-order valence-electron chi connectivity index (χ2n) is 12.5. The fraction of sp³-hybridized carbons (Fsp3) is 0.846. The Labute approximate surface area is 226 Å². The number of allylic oxidation sites excluding steroid dienone is 1. The highest BCUT2D eigenvalue weighted by Gasteiger charge is 2.61. The van der Waals surface area contributed by atoms with Gasteiger partial charge in [0.25, 0.3) is 10.1 Å². The minimum atomic E-state index is -4.54. The summed E-state index contributed by atoms with van der Waals surface area (Å²) in [6.45, 7) is 6.55. The first kappa shape index (κ1) is 29.6. The van der Waals surface area contributed by atoms with Crippen LogP contribution in [0.1, 0.15) is 78.6 Å². The summed E-state index contributed by atoms with van der Waals surface area (Å²) in [4.78, 5) is 25.8. The van der Waals surface area contributed by atoms with E-state index in [1.807, 2.05) is 0 Å². The summed E-state index contributed by atoms with van der Waals surface area (Å²) < 4.78 is 67.0. The number of hydrogen-bond acceptors (Lipinski definition) is 7. The summed E-state index contributed by atoms with van der Waals surface area (Å²) >= 11 is 0. The fourth-order valence-electron chi connectivity index (χ4n) is 8.57. The largest absolute Gasteiger partial charge is 0.397 e. The standard InChI is InChI=1S/C26H41NO9S2/c1-16(4-7-23(29)27-12-13-37(30,31)32)19-5-6-20-24-21(9-11-26(19,20)3)25(2)10-8-18(36-38(33,34)35)14-17(25)15-22(24)28/h15-16,18-21,24H,4-14H2,1-3H3,(H,27,29)(H,30,31,32)(H,33,34,35)/t16-,18+,19-,20+,21+,24+,25+,26-/m1/s1. The summed E-state index contributed by atoms with van der Waals surface area (Å²) in [5.41, 5.74) is 0.739. The van der Waals surface area contributed by atoms with Crippen LogP contribution in [0.5, 0.6) is 0 Å². The highest BCUT2D eigenvalue weighted by atomic mass is 32.3. The number of nitrogens with one attached hydrogen (secondary N) is 1. The maximum Gasteiger partial charge on any atom is 0.397 e. The minimum Gasteiger partial charge on any atom is -0.355 e. The second-order valence-corrected chi connectivity index (χ2v) is 15.1. The lowest BCUT2D eigenvalue weighted by atomic mass is 9.46. The van der Waals surface area contributed by atoms with E-state index in [1.165, 1.54) is 0 Å². The van der Waals surface area contributed by atoms with E-state index in [1.54, 1.807) is 6.08 Å². The van der Waals surface area contributed by atoms with Gasteiger partial charge in [-0.2, -0.15) is 16.8 Å². The molecule has 0 heterocycles. The van der Waals surface area contributed by atoms with Gasteiger partial charge in [0.1, 0.15) is 0 Å². The number of hydrogen-bond donors (Lipinski definition) is 3. The van der Waals surface area contributed by atoms with Gasteiger partial charge in [0.15, 0.2) is 5.78 Å². The molecule has 0 aromatic heterocycles. The van der Waals surface area contributed by atoms with Crippen LogP contribution in [0.3, 0.4) is 0 Å². The molecule has 8 atom stereocenters. The van der Waals surface area contributed by atoms with Crippen LogP contribution in [-0.2, 0) is 34.3 Å². The van der Waals surface area contributed by atoms with E-state index in [-0.39, 0.29) is 59.2 Å². The maximum absolute atomic E-state index is 13.6. The molecule has 3 fully saturated rings. The van der Waals surface area contributed by atoms with E-state index in [0.29, 0.717) is 31.6 Å². The molecule has 4 aliphatic carbocycles. The Kier molecular flexibility index (Phi) is 8.24. The molecule has 3 saturated carbocycles. The lowest BCUT2D eigenvalue weighted by Crippen LogP contribution is -2.54. The number of rotatable bonds is 9. The van der Waals surface area contributed by atoms with E-state index < -0.39 is 32.4 Å². The number of carbonyl (C=O) groups is 2. The molecule has 0 unspecified atom stereocenters. The van der Waals surface area contributed by atoms with E-state index in [4.69, 9.17) is 13.3 Å². The third kappa shape index (κ3) is 6.04. The number of carbonyl (C=O) groups excluding carboxylic acids is 2. The van der Waals surface area contributed by atoms with Gasteiger partial charge in [0, 0.05) is 18.9 Å². The Hall–Kier alpha value is -1.34. The first-order valence-electron chi connectivity index (χ1n) is 13.7. The van der Waals surface area contributed by atoms with E-state index in [0.717, 1.165) is 31.3 Å². The topological polar surface area (TPSA) is 164 Å². The Morgan fingerprint density at radius 3 is 2.47 bits per heavy atom. The van der Waals surface area contributed by atoms with E-state index in [9.17, 15) is 26.4 Å². The predicted octanol–water partition coefficient (Wildman–Crippen LogP) is 3.35. The van der Waals surface area contributed by atoms with Gasteiger partial charge in [0.2, 0.25) is 5.91 Å². The third-order valence-corrected chi connectivity index (χ3v) is 11.7. The molecule has 216 valence electrons. The second kappa shape index (κ2) is 10.6. The number of ketones is 1. The van der Waals surface area contributed by atoms with Crippen molar-refractivity contribution in [1.82, 2.24) is 5.32 Å². The summed E-state index contributed by atoms with van der Waals surface area (Å²) in [5.74, 6) is 0.418. The molecule has 0 aliphatic heterocycles. The molecule has 0 aromatic rings. The van der Waals surface area contributed by atoms with Crippen molar-refractivity contribution in [2.45, 2.75) is 84.7 Å². The first-order valence-corrected chi connectivity index (χ1v) is 16.6. The fourth-order valence-corrected chi connectivity index (χ4v) is 9.43. The summed E-state index contributed by atoms with van der Waals surface area (Å²) in [6, 6.07) is 0. The van der Waals surface area contributed by atoms with Crippen LogP contribution in [0.15, 0.2) is 11.6 Å². The van der Waals surface area contributed by atoms with E-state index in [2.05, 4.69) is 26.1 Å². The van der Waals surface area contributed by atoms with Gasteiger partial charge in [-0.3, -0.25) is 18.7 Å². The Balaban J connectivity index is 1.42. The molecule has 4 rings (SSSR count). The van der Waals surface area contributed by atoms with Gasteiger partial charge in [-0.1, -0.05) is 26.3 Å². The van der Waals surface area contributed by atoms with Crippen LogP contribution in [-0.4, -0.2) is 56.0 Å². The molecular formula is C26H41NO9S2. The van der Waals surface area contributed by atoms with Crippen molar-refractivity contribution in [2.75, 3.05) is 12.3 Å². The summed E-state index contributed by atoms with van der Waals surface area (Å²) in [6.07, 6.45) is 7.48. The van der Waals surface area contributed by atoms with Crippen molar-refractivity contribution >= 4 is 32.2 Å². The lowest BCUT2D eigenvalue weighted by molar-refractivity contribution is -0.135. The Morgan fingerprint density at radius 2 is 1.82 bits per heavy atom. The molecule has 0 aromatic carbocycles. The zero-order valence-corrected chi connectivity index (χ0v) is 24.0. The van der Waals surface area contributed by atoms with Crippen LogP contribution in [0.4, 0.5) is 0 Å². The molecule has 1 amide bonds. The zero-order chi connectivity index (χ0) is 28.1. The smallest absolute Gasteiger partial charge is 0.355 e. The molecule has 0 bridgehead atoms. The van der Waals surface area contributed by atoms with Gasteiger partial charge in [-0.05, 0) is 91.9 Å². The molecule has 10 nitrogen and oxygen atoms in total.